The number of aromatic hydroxyl groups is 2. The first-order valence-corrected chi connectivity index (χ1v) is 28.2. The van der Waals surface area contributed by atoms with Crippen LogP contribution in [0.3, 0.4) is 0 Å². The number of hydrogen-bond acceptors (Lipinski definition) is 22. The normalized spacial score (nSPS) is 13.2. The summed E-state index contributed by atoms with van der Waals surface area (Å²) in [5.41, 5.74) is -0.593. The Morgan fingerprint density at radius 2 is 1.26 bits per heavy atom. The van der Waals surface area contributed by atoms with Gasteiger partial charge in [0.2, 0.25) is 11.0 Å². The average molecular weight is 1120 g/mol. The molecule has 0 unspecified atom stereocenters. The van der Waals surface area contributed by atoms with Crippen LogP contribution in [0.1, 0.15) is 12.0 Å². The number of phenolic OH excluding ortho intramolecular Hbond substituents is 1. The first-order chi connectivity index (χ1) is 34.1. The van der Waals surface area contributed by atoms with E-state index in [0.717, 1.165) is 58.6 Å². The summed E-state index contributed by atoms with van der Waals surface area (Å²) in [6.07, 6.45) is 0.806. The van der Waals surface area contributed by atoms with Gasteiger partial charge in [-0.1, -0.05) is 29.5 Å². The van der Waals surface area contributed by atoms with Gasteiger partial charge >= 0.3 is 0 Å². The first-order valence-electron chi connectivity index (χ1n) is 20.0. The van der Waals surface area contributed by atoms with Gasteiger partial charge in [0.25, 0.3) is 50.6 Å². The molecule has 27 nitrogen and oxygen atoms in total. The van der Waals surface area contributed by atoms with Gasteiger partial charge in [0.1, 0.15) is 43.0 Å². The minimum atomic E-state index is -5.17. The van der Waals surface area contributed by atoms with Crippen LogP contribution < -0.4 is 4.74 Å². The minimum Gasteiger partial charge on any atom is -0.505 e. The number of phenols is 1. The second-order valence-electron chi connectivity index (χ2n) is 15.2. The lowest BCUT2D eigenvalue weighted by molar-refractivity contribution is 0.317. The van der Waals surface area contributed by atoms with Crippen molar-refractivity contribution in [2.45, 2.75) is 32.9 Å². The van der Waals surface area contributed by atoms with Crippen LogP contribution in [-0.4, -0.2) is 102 Å². The summed E-state index contributed by atoms with van der Waals surface area (Å²) in [6, 6.07) is 16.5. The molecule has 0 atom stereocenters. The van der Waals surface area contributed by atoms with E-state index in [0.29, 0.717) is 16.3 Å². The maximum atomic E-state index is 12.8. The predicted molar refractivity (Wildman–Crippen MR) is 257 cm³/mol. The second kappa shape index (κ2) is 19.3. The van der Waals surface area contributed by atoms with E-state index in [1.54, 1.807) is 13.0 Å². The Morgan fingerprint density at radius 3 is 1.95 bits per heavy atom. The molecule has 0 bridgehead atoms. The molecule has 73 heavy (non-hydrogen) atoms. The third-order valence-corrected chi connectivity index (χ3v) is 15.5. The number of fused-ring (bicyclic) bond motifs is 3. The number of aromatic nitrogens is 3. The summed E-state index contributed by atoms with van der Waals surface area (Å²) >= 11 is 0.973. The van der Waals surface area contributed by atoms with Crippen LogP contribution >= 0.6 is 11.3 Å². The van der Waals surface area contributed by atoms with E-state index in [2.05, 4.69) is 40.8 Å². The van der Waals surface area contributed by atoms with E-state index < -0.39 is 93.2 Å². The molecule has 0 saturated carbocycles. The zero-order chi connectivity index (χ0) is 53.0. The molecule has 0 spiro atoms. The molecule has 0 radical (unpaired) electrons. The highest BCUT2D eigenvalue weighted by atomic mass is 32.2. The minimum absolute atomic E-state index is 0.000246. The SMILES string of the molecule is Cc1cc(N=Nc2ccc3c(S(=O)(=O)O)c(N=Nc4cnn(-c5ccc6c(S(=O)(=O)O)cc(S(=O)(=O)O)cc6c5)c4O)ccc3c2O)c(OCCCS(=O)(=O)O)cc1N=Nc1nc2c(S(=O)(=O)O)cccc2s1. The topological polar surface area (TPSA) is 426 Å². The van der Waals surface area contributed by atoms with Crippen molar-refractivity contribution in [2.75, 3.05) is 12.4 Å². The molecule has 8 aromatic rings. The van der Waals surface area contributed by atoms with Crippen molar-refractivity contribution in [3.8, 4) is 23.1 Å². The Morgan fingerprint density at radius 1 is 0.616 bits per heavy atom. The third kappa shape index (κ3) is 11.3. The number of hydrogen-bond donors (Lipinski definition) is 7. The highest BCUT2D eigenvalue weighted by Gasteiger charge is 2.25. The maximum absolute atomic E-state index is 12.8. The number of para-hydroxylation sites is 1. The van der Waals surface area contributed by atoms with Crippen molar-refractivity contribution in [2.24, 2.45) is 30.7 Å². The molecule has 0 aliphatic carbocycles. The Balaban J connectivity index is 1.10. The molecule has 8 rings (SSSR count). The standard InChI is InChI=1S/C40H31N9O18S6/c1-20-14-30(32(67-12-3-13-69(52,53)54)18-29(20)45-48-40-42-36-33(68-40)4-2-5-34(36)71(58,59)60)46-43-27-10-9-26-25(37(27)50)8-11-28(38(26)73(64,65)66)44-47-31-19-41-49(39(31)51)22-6-7-24-21(15-22)16-23(70(55,56)57)17-35(24)72(61,62)63/h2,4-11,14-19,50-51H,3,12-13H2,1H3,(H,52,53,54)(H,55,56,57)(H,58,59,60)(H,61,62,63)(H,64,65,66). The van der Waals surface area contributed by atoms with Gasteiger partial charge in [-0.05, 0) is 85.0 Å². The van der Waals surface area contributed by atoms with E-state index in [1.165, 1.54) is 36.4 Å². The van der Waals surface area contributed by atoms with E-state index in [9.17, 15) is 75.1 Å². The summed E-state index contributed by atoms with van der Waals surface area (Å²) in [7, 11) is -24.1. The molecule has 2 heterocycles. The lowest BCUT2D eigenvalue weighted by atomic mass is 10.1. The number of aryl methyl sites for hydroxylation is 1. The summed E-state index contributed by atoms with van der Waals surface area (Å²) < 4.78 is 175. The van der Waals surface area contributed by atoms with Crippen LogP contribution in [0, 0.1) is 6.92 Å². The zero-order valence-electron chi connectivity index (χ0n) is 36.4. The molecule has 0 aliphatic rings. The molecule has 33 heteroatoms. The highest BCUT2D eigenvalue weighted by Crippen LogP contribution is 2.44. The number of nitrogens with zero attached hydrogens (tertiary/aromatic N) is 9. The van der Waals surface area contributed by atoms with Crippen LogP contribution in [0.15, 0.2) is 141 Å². The van der Waals surface area contributed by atoms with Crippen molar-refractivity contribution in [3.63, 3.8) is 0 Å². The van der Waals surface area contributed by atoms with Crippen LogP contribution in [-0.2, 0) is 50.6 Å². The van der Waals surface area contributed by atoms with Gasteiger partial charge in [0.15, 0.2) is 11.4 Å². The molecular weight excluding hydrogens is 1090 g/mol. The van der Waals surface area contributed by atoms with Gasteiger partial charge < -0.3 is 14.9 Å². The van der Waals surface area contributed by atoms with Crippen molar-refractivity contribution >= 4 is 127 Å². The summed E-state index contributed by atoms with van der Waals surface area (Å²) in [5, 5.41) is 50.0. The average Bonchev–Trinajstić information content (AvgIpc) is 3.89. The molecule has 6 aromatic carbocycles. The summed E-state index contributed by atoms with van der Waals surface area (Å²) in [6.45, 7) is 1.33. The zero-order valence-corrected chi connectivity index (χ0v) is 41.3. The molecular formula is C40H31N9O18S6. The number of ether oxygens (including phenoxy) is 1. The van der Waals surface area contributed by atoms with E-state index in [4.69, 9.17) is 4.74 Å². The lowest BCUT2D eigenvalue weighted by Gasteiger charge is -2.11. The summed E-state index contributed by atoms with van der Waals surface area (Å²) in [5.74, 6) is -2.06. The van der Waals surface area contributed by atoms with Crippen LogP contribution in [0.4, 0.5) is 33.6 Å². The van der Waals surface area contributed by atoms with Crippen molar-refractivity contribution in [3.05, 3.63) is 96.7 Å². The molecule has 2 aromatic heterocycles. The maximum Gasteiger partial charge on any atom is 0.297 e. The summed E-state index contributed by atoms with van der Waals surface area (Å²) in [4.78, 5) is 1.18. The monoisotopic (exact) mass is 1120 g/mol. The van der Waals surface area contributed by atoms with Gasteiger partial charge in [-0.15, -0.1) is 30.7 Å². The predicted octanol–water partition coefficient (Wildman–Crippen LogP) is 8.40. The molecule has 0 saturated heterocycles. The Labute approximate surface area is 415 Å². The molecule has 0 amide bonds. The van der Waals surface area contributed by atoms with Crippen molar-refractivity contribution in [1.82, 2.24) is 14.8 Å². The largest absolute Gasteiger partial charge is 0.505 e. The number of azo groups is 3. The third-order valence-electron chi connectivity index (χ3n) is 10.3. The van der Waals surface area contributed by atoms with Crippen molar-refractivity contribution < 1.29 is 79.8 Å². The van der Waals surface area contributed by atoms with Crippen molar-refractivity contribution in [1.29, 1.82) is 0 Å². The Hall–Kier alpha value is -7.31. The number of benzene rings is 6. The van der Waals surface area contributed by atoms with Crippen LogP contribution in [0.2, 0.25) is 0 Å². The van der Waals surface area contributed by atoms with Gasteiger partial charge in [-0.25, -0.2) is 4.98 Å². The smallest absolute Gasteiger partial charge is 0.297 e. The molecule has 380 valence electrons. The lowest BCUT2D eigenvalue weighted by Crippen LogP contribution is -2.08. The van der Waals surface area contributed by atoms with E-state index in [1.807, 2.05) is 0 Å². The van der Waals surface area contributed by atoms with E-state index >= 15 is 0 Å². The molecule has 0 aliphatic heterocycles. The fraction of sp³-hybridized carbons (Fsp3) is 0.100. The van der Waals surface area contributed by atoms with Gasteiger partial charge in [-0.3, -0.25) is 22.8 Å². The fourth-order valence-electron chi connectivity index (χ4n) is 7.01. The van der Waals surface area contributed by atoms with Gasteiger partial charge in [0.05, 0.1) is 39.5 Å². The molecule has 7 N–H and O–H groups in total. The second-order valence-corrected chi connectivity index (χ2v) is 23.4. The van der Waals surface area contributed by atoms with E-state index in [-0.39, 0.29) is 79.4 Å². The number of thiazole rings is 1. The molecule has 0 fully saturated rings. The van der Waals surface area contributed by atoms with Crippen LogP contribution in [0.25, 0.3) is 37.4 Å². The highest BCUT2D eigenvalue weighted by molar-refractivity contribution is 7.87. The Kier molecular flexibility index (Phi) is 13.7. The first kappa shape index (κ1) is 52.0. The quantitative estimate of drug-likeness (QED) is 0.0271. The van der Waals surface area contributed by atoms with Crippen LogP contribution in [0.5, 0.6) is 17.4 Å². The fourth-order valence-corrected chi connectivity index (χ4v) is 11.2. The Bertz CT molecular complexity index is 4290. The van der Waals surface area contributed by atoms with Gasteiger partial charge in [0, 0.05) is 22.2 Å². The van der Waals surface area contributed by atoms with Gasteiger partial charge in [-0.2, -0.15) is 51.9 Å². The number of rotatable bonds is 16.